The van der Waals surface area contributed by atoms with Crippen molar-refractivity contribution in [3.63, 3.8) is 0 Å². The number of hydrogen-bond donors (Lipinski definition) is 1. The van der Waals surface area contributed by atoms with E-state index >= 15 is 0 Å². The highest BCUT2D eigenvalue weighted by molar-refractivity contribution is 6.33. The molecule has 0 fully saturated rings. The Morgan fingerprint density at radius 2 is 1.94 bits per heavy atom. The summed E-state index contributed by atoms with van der Waals surface area (Å²) in [6.07, 6.45) is 0. The van der Waals surface area contributed by atoms with Gasteiger partial charge in [-0.05, 0) is 26.0 Å². The van der Waals surface area contributed by atoms with E-state index in [-0.39, 0.29) is 6.01 Å². The van der Waals surface area contributed by atoms with E-state index in [1.54, 1.807) is 18.2 Å². The lowest BCUT2D eigenvalue weighted by Gasteiger charge is -2.05. The Morgan fingerprint density at radius 3 is 2.59 bits per heavy atom. The van der Waals surface area contributed by atoms with Crippen molar-refractivity contribution >= 4 is 17.3 Å². The molecule has 0 aliphatic heterocycles. The summed E-state index contributed by atoms with van der Waals surface area (Å²) in [5.74, 6) is 0.522. The molecule has 5 nitrogen and oxygen atoms in total. The van der Waals surface area contributed by atoms with Crippen molar-refractivity contribution in [1.82, 2.24) is 15.2 Å². The monoisotopic (exact) mass is 250 g/mol. The molecule has 17 heavy (non-hydrogen) atoms. The highest BCUT2D eigenvalue weighted by Gasteiger charge is 2.05. The van der Waals surface area contributed by atoms with Crippen molar-refractivity contribution in [2.24, 2.45) is 0 Å². The van der Waals surface area contributed by atoms with E-state index in [1.807, 2.05) is 13.8 Å². The number of aromatic nitrogens is 3. The Morgan fingerprint density at radius 1 is 1.18 bits per heavy atom. The molecule has 0 saturated heterocycles. The van der Waals surface area contributed by atoms with Crippen molar-refractivity contribution in [1.29, 1.82) is 0 Å². The first-order chi connectivity index (χ1) is 8.06. The second kappa shape index (κ2) is 4.55. The normalized spacial score (nSPS) is 10.3. The van der Waals surface area contributed by atoms with Crippen LogP contribution < -0.4 is 10.5 Å². The number of nitrogens with zero attached hydrogens (tertiary/aromatic N) is 3. The molecule has 0 bridgehead atoms. The average molecular weight is 251 g/mol. The minimum absolute atomic E-state index is 0.189. The summed E-state index contributed by atoms with van der Waals surface area (Å²) in [4.78, 5) is 4.15. The zero-order valence-corrected chi connectivity index (χ0v) is 10.2. The molecule has 1 heterocycles. The molecule has 2 aromatic rings. The summed E-state index contributed by atoms with van der Waals surface area (Å²) in [5.41, 5.74) is 7.64. The quantitative estimate of drug-likeness (QED) is 0.829. The van der Waals surface area contributed by atoms with Crippen LogP contribution in [0.1, 0.15) is 11.4 Å². The number of aryl methyl sites for hydroxylation is 2. The minimum Gasteiger partial charge on any atom is -0.423 e. The molecule has 0 atom stereocenters. The van der Waals surface area contributed by atoms with Gasteiger partial charge in [-0.3, -0.25) is 0 Å². The van der Waals surface area contributed by atoms with Gasteiger partial charge in [0.2, 0.25) is 0 Å². The van der Waals surface area contributed by atoms with Crippen LogP contribution in [0.15, 0.2) is 18.2 Å². The molecule has 0 amide bonds. The molecule has 0 aliphatic rings. The maximum absolute atomic E-state index is 5.88. The van der Waals surface area contributed by atoms with Gasteiger partial charge in [-0.15, -0.1) is 5.10 Å². The highest BCUT2D eigenvalue weighted by atomic mass is 35.5. The van der Waals surface area contributed by atoms with Crippen molar-refractivity contribution < 1.29 is 4.74 Å². The van der Waals surface area contributed by atoms with Gasteiger partial charge in [-0.2, -0.15) is 4.98 Å². The summed E-state index contributed by atoms with van der Waals surface area (Å²) in [6.45, 7) is 3.67. The Bertz CT molecular complexity index is 510. The van der Waals surface area contributed by atoms with E-state index in [2.05, 4.69) is 15.2 Å². The Kier molecular flexibility index (Phi) is 3.10. The number of halogens is 1. The number of rotatable bonds is 2. The molecule has 0 spiro atoms. The molecule has 0 aliphatic carbocycles. The van der Waals surface area contributed by atoms with Crippen LogP contribution in [0.2, 0.25) is 5.02 Å². The smallest absolute Gasteiger partial charge is 0.341 e. The molecule has 2 N–H and O–H groups in total. The number of hydrogen-bond acceptors (Lipinski definition) is 5. The van der Waals surface area contributed by atoms with Gasteiger partial charge >= 0.3 is 6.01 Å². The second-order valence-corrected chi connectivity index (χ2v) is 3.96. The number of ether oxygens (including phenoxy) is 1. The van der Waals surface area contributed by atoms with Crippen LogP contribution >= 0.6 is 11.6 Å². The Labute approximate surface area is 104 Å². The van der Waals surface area contributed by atoms with Crippen molar-refractivity contribution in [2.75, 3.05) is 5.73 Å². The first kappa shape index (κ1) is 11.6. The first-order valence-corrected chi connectivity index (χ1v) is 5.35. The first-order valence-electron chi connectivity index (χ1n) is 4.97. The summed E-state index contributed by atoms with van der Waals surface area (Å²) in [6, 6.07) is 5.15. The van der Waals surface area contributed by atoms with Gasteiger partial charge in [0.1, 0.15) is 5.75 Å². The van der Waals surface area contributed by atoms with Crippen molar-refractivity contribution in [3.05, 3.63) is 34.6 Å². The van der Waals surface area contributed by atoms with Crippen LogP contribution in [0.3, 0.4) is 0 Å². The summed E-state index contributed by atoms with van der Waals surface area (Å²) in [5, 5.41) is 8.18. The molecule has 1 aromatic carbocycles. The van der Waals surface area contributed by atoms with Crippen LogP contribution in [0.5, 0.6) is 11.8 Å². The van der Waals surface area contributed by atoms with Crippen LogP contribution in [-0.4, -0.2) is 15.2 Å². The lowest BCUT2D eigenvalue weighted by atomic mass is 10.3. The van der Waals surface area contributed by atoms with E-state index in [0.717, 1.165) is 11.4 Å². The number of benzene rings is 1. The maximum atomic E-state index is 5.88. The number of nitrogens with two attached hydrogens (primary N) is 1. The molecule has 0 unspecified atom stereocenters. The van der Waals surface area contributed by atoms with Crippen LogP contribution in [0.4, 0.5) is 5.69 Å². The van der Waals surface area contributed by atoms with E-state index in [1.165, 1.54) is 0 Å². The summed E-state index contributed by atoms with van der Waals surface area (Å²) in [7, 11) is 0. The lowest BCUT2D eigenvalue weighted by Crippen LogP contribution is -1.99. The van der Waals surface area contributed by atoms with Gasteiger partial charge in [0, 0.05) is 6.07 Å². The van der Waals surface area contributed by atoms with Gasteiger partial charge < -0.3 is 10.5 Å². The standard InChI is InChI=1S/C11H11ClN4O/c1-6-7(2)15-16-11(14-6)17-8-3-4-10(13)9(12)5-8/h3-5H,13H2,1-2H3. The van der Waals surface area contributed by atoms with Gasteiger partial charge in [0.15, 0.2) is 0 Å². The van der Waals surface area contributed by atoms with Crippen LogP contribution in [0, 0.1) is 13.8 Å². The van der Waals surface area contributed by atoms with E-state index in [4.69, 9.17) is 22.1 Å². The maximum Gasteiger partial charge on any atom is 0.341 e. The predicted molar refractivity (Wildman–Crippen MR) is 65.2 cm³/mol. The highest BCUT2D eigenvalue weighted by Crippen LogP contribution is 2.26. The third kappa shape index (κ3) is 2.62. The van der Waals surface area contributed by atoms with E-state index in [0.29, 0.717) is 16.5 Å². The van der Waals surface area contributed by atoms with Gasteiger partial charge in [0.05, 0.1) is 22.1 Å². The van der Waals surface area contributed by atoms with Crippen molar-refractivity contribution in [3.8, 4) is 11.8 Å². The Balaban J connectivity index is 2.25. The fourth-order valence-corrected chi connectivity index (χ4v) is 1.33. The number of anilines is 1. The van der Waals surface area contributed by atoms with Crippen LogP contribution in [-0.2, 0) is 0 Å². The average Bonchev–Trinajstić information content (AvgIpc) is 2.29. The fourth-order valence-electron chi connectivity index (χ4n) is 1.16. The molecule has 88 valence electrons. The predicted octanol–water partition coefficient (Wildman–Crippen LogP) is 2.52. The zero-order valence-electron chi connectivity index (χ0n) is 9.44. The van der Waals surface area contributed by atoms with Crippen LogP contribution in [0.25, 0.3) is 0 Å². The largest absolute Gasteiger partial charge is 0.423 e. The third-order valence-electron chi connectivity index (χ3n) is 2.25. The molecule has 2 rings (SSSR count). The Hall–Kier alpha value is -1.88. The molecule has 0 saturated carbocycles. The lowest BCUT2D eigenvalue weighted by molar-refractivity contribution is 0.430. The number of nitrogen functional groups attached to an aromatic ring is 1. The van der Waals surface area contributed by atoms with Crippen molar-refractivity contribution in [2.45, 2.75) is 13.8 Å². The van der Waals surface area contributed by atoms with Gasteiger partial charge in [0.25, 0.3) is 0 Å². The van der Waals surface area contributed by atoms with E-state index in [9.17, 15) is 0 Å². The van der Waals surface area contributed by atoms with E-state index < -0.39 is 0 Å². The van der Waals surface area contributed by atoms with Gasteiger partial charge in [-0.1, -0.05) is 16.7 Å². The minimum atomic E-state index is 0.189. The zero-order chi connectivity index (χ0) is 12.4. The summed E-state index contributed by atoms with van der Waals surface area (Å²) >= 11 is 5.88. The third-order valence-corrected chi connectivity index (χ3v) is 2.58. The SMILES string of the molecule is Cc1nnc(Oc2ccc(N)c(Cl)c2)nc1C. The molecule has 1 aromatic heterocycles. The van der Waals surface area contributed by atoms with Gasteiger partial charge in [-0.25, -0.2) is 0 Å². The second-order valence-electron chi connectivity index (χ2n) is 3.55. The molecule has 0 radical (unpaired) electrons. The topological polar surface area (TPSA) is 73.9 Å². The molecular weight excluding hydrogens is 240 g/mol. The summed E-state index contributed by atoms with van der Waals surface area (Å²) < 4.78 is 5.43. The molecule has 6 heteroatoms. The fraction of sp³-hybridized carbons (Fsp3) is 0.182. The molecular formula is C11H11ClN4O.